The van der Waals surface area contributed by atoms with E-state index < -0.39 is 11.7 Å². The number of aromatic hydroxyl groups is 1. The number of nitrogens with zero attached hydrogens (tertiary/aromatic N) is 3. The SMILES string of the molecule is CC(C)N(C)c1oc(C=C2C=Nc3ncccc32)c(O)c1C(=O)O. The number of furan rings is 1. The number of allylic oxidation sites excluding steroid dienone is 1. The van der Waals surface area contributed by atoms with E-state index in [1.54, 1.807) is 36.5 Å². The number of aromatic nitrogens is 1. The van der Waals surface area contributed by atoms with Gasteiger partial charge in [0, 0.05) is 36.6 Å². The molecular formula is C17H17N3O4. The average Bonchev–Trinajstić information content (AvgIpc) is 3.09. The third kappa shape index (κ3) is 2.54. The van der Waals surface area contributed by atoms with Crippen molar-refractivity contribution in [2.24, 2.45) is 4.99 Å². The van der Waals surface area contributed by atoms with Crippen molar-refractivity contribution in [1.29, 1.82) is 0 Å². The molecule has 7 heteroatoms. The molecule has 0 atom stereocenters. The first-order chi connectivity index (χ1) is 11.4. The molecule has 3 rings (SSSR count). The molecule has 2 aromatic rings. The standard InChI is InChI=1S/C17H17N3O4/c1-9(2)20(3)16-13(17(22)23)14(21)12(24-16)7-10-8-19-15-11(10)5-4-6-18-15/h4-9,21H,1-3H3,(H,22,23). The number of hydrogen-bond donors (Lipinski definition) is 2. The molecule has 0 fully saturated rings. The molecule has 0 saturated carbocycles. The summed E-state index contributed by atoms with van der Waals surface area (Å²) >= 11 is 0. The highest BCUT2D eigenvalue weighted by Crippen LogP contribution is 2.39. The summed E-state index contributed by atoms with van der Waals surface area (Å²) in [6.45, 7) is 3.80. The van der Waals surface area contributed by atoms with Crippen LogP contribution in [0.5, 0.6) is 5.75 Å². The van der Waals surface area contributed by atoms with E-state index in [0.717, 1.165) is 5.56 Å². The summed E-state index contributed by atoms with van der Waals surface area (Å²) < 4.78 is 5.64. The number of fused-ring (bicyclic) bond motifs is 1. The normalized spacial score (nSPS) is 14.4. The lowest BCUT2D eigenvalue weighted by molar-refractivity contribution is 0.0694. The summed E-state index contributed by atoms with van der Waals surface area (Å²) in [6.07, 6.45) is 4.81. The minimum Gasteiger partial charge on any atom is -0.504 e. The predicted octanol–water partition coefficient (Wildman–Crippen LogP) is 3.18. The topological polar surface area (TPSA) is 99.2 Å². The van der Waals surface area contributed by atoms with E-state index >= 15 is 0 Å². The maximum Gasteiger partial charge on any atom is 0.345 e. The molecule has 2 N–H and O–H groups in total. The molecule has 0 radical (unpaired) electrons. The molecule has 1 aliphatic heterocycles. The van der Waals surface area contributed by atoms with Crippen molar-refractivity contribution in [3.8, 4) is 5.75 Å². The number of rotatable bonds is 4. The number of aliphatic imine (C=N–C) groups is 1. The zero-order chi connectivity index (χ0) is 17.4. The number of anilines is 1. The van der Waals surface area contributed by atoms with E-state index in [1.165, 1.54) is 0 Å². The minimum absolute atomic E-state index is 0.00659. The Morgan fingerprint density at radius 3 is 2.83 bits per heavy atom. The molecule has 0 aromatic carbocycles. The maximum absolute atomic E-state index is 11.5. The van der Waals surface area contributed by atoms with Gasteiger partial charge in [0.05, 0.1) is 0 Å². The molecule has 3 heterocycles. The van der Waals surface area contributed by atoms with Crippen molar-refractivity contribution >= 4 is 35.5 Å². The molecule has 7 nitrogen and oxygen atoms in total. The summed E-state index contributed by atoms with van der Waals surface area (Å²) in [6, 6.07) is 3.64. The van der Waals surface area contributed by atoms with Gasteiger partial charge in [-0.3, -0.25) is 0 Å². The Balaban J connectivity index is 2.11. The van der Waals surface area contributed by atoms with Crippen LogP contribution >= 0.6 is 0 Å². The monoisotopic (exact) mass is 327 g/mol. The van der Waals surface area contributed by atoms with Crippen LogP contribution in [0.25, 0.3) is 11.6 Å². The van der Waals surface area contributed by atoms with E-state index in [-0.39, 0.29) is 23.2 Å². The summed E-state index contributed by atoms with van der Waals surface area (Å²) in [4.78, 5) is 21.5. The van der Waals surface area contributed by atoms with E-state index in [1.807, 2.05) is 19.9 Å². The predicted molar refractivity (Wildman–Crippen MR) is 91.1 cm³/mol. The fourth-order valence-electron chi connectivity index (χ4n) is 2.38. The molecule has 0 aliphatic carbocycles. The third-order valence-corrected chi connectivity index (χ3v) is 3.91. The van der Waals surface area contributed by atoms with Gasteiger partial charge in [0.15, 0.2) is 22.9 Å². The van der Waals surface area contributed by atoms with Crippen LogP contribution in [0.4, 0.5) is 11.7 Å². The number of pyridine rings is 1. The molecule has 0 saturated heterocycles. The lowest BCUT2D eigenvalue weighted by atomic mass is 10.1. The van der Waals surface area contributed by atoms with Crippen LogP contribution in [0.3, 0.4) is 0 Å². The van der Waals surface area contributed by atoms with Gasteiger partial charge < -0.3 is 19.5 Å². The lowest BCUT2D eigenvalue weighted by Crippen LogP contribution is -2.26. The summed E-state index contributed by atoms with van der Waals surface area (Å²) in [5.74, 6) is -0.877. The van der Waals surface area contributed by atoms with Crippen LogP contribution in [-0.4, -0.2) is 40.5 Å². The van der Waals surface area contributed by atoms with Gasteiger partial charge in [-0.1, -0.05) is 0 Å². The number of carbonyl (C=O) groups is 1. The second-order valence-corrected chi connectivity index (χ2v) is 5.74. The first-order valence-corrected chi connectivity index (χ1v) is 7.43. The number of hydrogen-bond acceptors (Lipinski definition) is 6. The van der Waals surface area contributed by atoms with Gasteiger partial charge in [0.1, 0.15) is 0 Å². The van der Waals surface area contributed by atoms with E-state index in [2.05, 4.69) is 9.98 Å². The fraction of sp³-hybridized carbons (Fsp3) is 0.235. The first-order valence-electron chi connectivity index (χ1n) is 7.43. The van der Waals surface area contributed by atoms with Crippen molar-refractivity contribution in [1.82, 2.24) is 4.98 Å². The second kappa shape index (κ2) is 5.84. The summed E-state index contributed by atoms with van der Waals surface area (Å²) in [7, 11) is 1.71. The van der Waals surface area contributed by atoms with E-state index in [4.69, 9.17) is 4.42 Å². The van der Waals surface area contributed by atoms with Gasteiger partial charge in [0.2, 0.25) is 5.88 Å². The zero-order valence-electron chi connectivity index (χ0n) is 13.5. The molecule has 0 amide bonds. The van der Waals surface area contributed by atoms with Gasteiger partial charge in [-0.25, -0.2) is 14.8 Å². The van der Waals surface area contributed by atoms with Crippen LogP contribution in [0.15, 0.2) is 27.7 Å². The Hall–Kier alpha value is -3.09. The molecule has 2 aromatic heterocycles. The maximum atomic E-state index is 11.5. The van der Waals surface area contributed by atoms with E-state index in [9.17, 15) is 15.0 Å². The Bertz CT molecular complexity index is 865. The van der Waals surface area contributed by atoms with Crippen LogP contribution in [0.2, 0.25) is 0 Å². The molecule has 124 valence electrons. The third-order valence-electron chi connectivity index (χ3n) is 3.91. The number of carboxylic acid groups (broad SMARTS) is 1. The number of aromatic carboxylic acids is 1. The van der Waals surface area contributed by atoms with Crippen LogP contribution < -0.4 is 4.90 Å². The highest BCUT2D eigenvalue weighted by Gasteiger charge is 2.28. The highest BCUT2D eigenvalue weighted by atomic mass is 16.4. The van der Waals surface area contributed by atoms with Gasteiger partial charge in [0.25, 0.3) is 0 Å². The molecule has 0 unspecified atom stereocenters. The molecule has 24 heavy (non-hydrogen) atoms. The number of carboxylic acids is 1. The molecule has 0 bridgehead atoms. The largest absolute Gasteiger partial charge is 0.504 e. The van der Waals surface area contributed by atoms with Crippen molar-refractivity contribution in [2.75, 3.05) is 11.9 Å². The van der Waals surface area contributed by atoms with Crippen LogP contribution in [0.1, 0.15) is 35.5 Å². The van der Waals surface area contributed by atoms with Crippen molar-refractivity contribution in [2.45, 2.75) is 19.9 Å². The van der Waals surface area contributed by atoms with Gasteiger partial charge in [-0.05, 0) is 32.1 Å². The van der Waals surface area contributed by atoms with Gasteiger partial charge in [-0.15, -0.1) is 0 Å². The van der Waals surface area contributed by atoms with Crippen LogP contribution in [-0.2, 0) is 0 Å². The first kappa shape index (κ1) is 15.8. The Morgan fingerprint density at radius 2 is 2.17 bits per heavy atom. The minimum atomic E-state index is -1.24. The quantitative estimate of drug-likeness (QED) is 0.895. The molecule has 0 spiro atoms. The van der Waals surface area contributed by atoms with Crippen molar-refractivity contribution < 1.29 is 19.4 Å². The fourth-order valence-corrected chi connectivity index (χ4v) is 2.38. The van der Waals surface area contributed by atoms with Crippen molar-refractivity contribution in [3.05, 3.63) is 35.2 Å². The van der Waals surface area contributed by atoms with Gasteiger partial charge in [-0.2, -0.15) is 0 Å². The highest BCUT2D eigenvalue weighted by molar-refractivity contribution is 6.21. The Morgan fingerprint density at radius 1 is 1.42 bits per heavy atom. The Kier molecular flexibility index (Phi) is 3.84. The summed E-state index contributed by atoms with van der Waals surface area (Å²) in [5.41, 5.74) is 1.24. The smallest absolute Gasteiger partial charge is 0.345 e. The zero-order valence-corrected chi connectivity index (χ0v) is 13.5. The molecular weight excluding hydrogens is 310 g/mol. The lowest BCUT2D eigenvalue weighted by Gasteiger charge is -2.20. The average molecular weight is 327 g/mol. The Labute approximate surface area is 138 Å². The van der Waals surface area contributed by atoms with Crippen LogP contribution in [0, 0.1) is 0 Å². The molecule has 1 aliphatic rings. The van der Waals surface area contributed by atoms with Gasteiger partial charge >= 0.3 is 5.97 Å². The second-order valence-electron chi connectivity index (χ2n) is 5.74. The van der Waals surface area contributed by atoms with E-state index in [0.29, 0.717) is 11.4 Å². The summed E-state index contributed by atoms with van der Waals surface area (Å²) in [5, 5.41) is 19.7. The van der Waals surface area contributed by atoms with Crippen molar-refractivity contribution in [3.63, 3.8) is 0 Å².